The Morgan fingerprint density at radius 3 is 2.65 bits per heavy atom. The summed E-state index contributed by atoms with van der Waals surface area (Å²) in [6.07, 6.45) is 1.94. The van der Waals surface area contributed by atoms with Crippen molar-refractivity contribution in [1.82, 2.24) is 10.6 Å². The third-order valence-corrected chi connectivity index (χ3v) is 4.06. The second-order valence-corrected chi connectivity index (χ2v) is 5.44. The molecule has 110 valence electrons. The summed E-state index contributed by atoms with van der Waals surface area (Å²) >= 11 is 0. The average Bonchev–Trinajstić information content (AvgIpc) is 2.91. The topological polar surface area (TPSA) is 50.4 Å². The predicted octanol–water partition coefficient (Wildman–Crippen LogP) is 2.26. The van der Waals surface area contributed by atoms with Crippen molar-refractivity contribution in [1.29, 1.82) is 0 Å². The van der Waals surface area contributed by atoms with Crippen LogP contribution in [0.3, 0.4) is 0 Å². The second-order valence-electron chi connectivity index (χ2n) is 5.44. The van der Waals surface area contributed by atoms with E-state index in [4.69, 9.17) is 4.74 Å². The first-order chi connectivity index (χ1) is 9.65. The van der Waals surface area contributed by atoms with Crippen molar-refractivity contribution < 1.29 is 9.53 Å². The minimum Gasteiger partial charge on any atom is -0.497 e. The quantitative estimate of drug-likeness (QED) is 0.867. The van der Waals surface area contributed by atoms with Crippen molar-refractivity contribution in [2.45, 2.75) is 38.8 Å². The van der Waals surface area contributed by atoms with E-state index in [2.05, 4.69) is 24.5 Å². The molecule has 2 rings (SSSR count). The molecule has 3 atom stereocenters. The smallest absolute Gasteiger partial charge is 0.237 e. The van der Waals surface area contributed by atoms with E-state index in [1.54, 1.807) is 7.11 Å². The summed E-state index contributed by atoms with van der Waals surface area (Å²) in [6, 6.07) is 7.89. The van der Waals surface area contributed by atoms with E-state index in [9.17, 15) is 4.79 Å². The summed E-state index contributed by atoms with van der Waals surface area (Å²) in [7, 11) is 1.65. The summed E-state index contributed by atoms with van der Waals surface area (Å²) in [5.74, 6) is 1.35. The predicted molar refractivity (Wildman–Crippen MR) is 79.7 cm³/mol. The number of carbonyl (C=O) groups excluding carboxylic acids is 1. The summed E-state index contributed by atoms with van der Waals surface area (Å²) in [5, 5.41) is 6.42. The maximum Gasteiger partial charge on any atom is 0.237 e. The number of methoxy groups -OCH3 is 1. The van der Waals surface area contributed by atoms with Crippen LogP contribution in [0.25, 0.3) is 0 Å². The highest BCUT2D eigenvalue weighted by atomic mass is 16.5. The minimum atomic E-state index is -0.0534. The van der Waals surface area contributed by atoms with Crippen LogP contribution in [-0.2, 0) is 4.79 Å². The highest BCUT2D eigenvalue weighted by Crippen LogP contribution is 2.21. The summed E-state index contributed by atoms with van der Waals surface area (Å²) in [5.41, 5.74) is 1.12. The van der Waals surface area contributed by atoms with Gasteiger partial charge in [0, 0.05) is 0 Å². The number of ether oxygens (including phenoxy) is 1. The van der Waals surface area contributed by atoms with Gasteiger partial charge in [-0.1, -0.05) is 26.0 Å². The Labute approximate surface area is 120 Å². The average molecular weight is 276 g/mol. The summed E-state index contributed by atoms with van der Waals surface area (Å²) in [4.78, 5) is 12.3. The van der Waals surface area contributed by atoms with E-state index >= 15 is 0 Å². The monoisotopic (exact) mass is 276 g/mol. The van der Waals surface area contributed by atoms with E-state index in [1.807, 2.05) is 24.3 Å². The van der Waals surface area contributed by atoms with Crippen LogP contribution in [0.5, 0.6) is 5.75 Å². The van der Waals surface area contributed by atoms with Crippen molar-refractivity contribution in [3.63, 3.8) is 0 Å². The van der Waals surface area contributed by atoms with Crippen LogP contribution in [0, 0.1) is 5.92 Å². The van der Waals surface area contributed by atoms with Crippen LogP contribution in [0.4, 0.5) is 0 Å². The van der Waals surface area contributed by atoms with Crippen LogP contribution >= 0.6 is 0 Å². The number of hydrogen-bond acceptors (Lipinski definition) is 3. The normalized spacial score (nSPS) is 23.4. The largest absolute Gasteiger partial charge is 0.497 e. The molecular weight excluding hydrogens is 252 g/mol. The van der Waals surface area contributed by atoms with Crippen LogP contribution < -0.4 is 15.4 Å². The van der Waals surface area contributed by atoms with Gasteiger partial charge in [-0.15, -0.1) is 0 Å². The fraction of sp³-hybridized carbons (Fsp3) is 0.562. The molecule has 1 saturated heterocycles. The van der Waals surface area contributed by atoms with Crippen LogP contribution in [0.15, 0.2) is 24.3 Å². The first kappa shape index (κ1) is 14.9. The Balaban J connectivity index is 2.02. The van der Waals surface area contributed by atoms with Gasteiger partial charge < -0.3 is 15.4 Å². The molecule has 1 amide bonds. The van der Waals surface area contributed by atoms with E-state index in [0.29, 0.717) is 5.92 Å². The molecular formula is C16H24N2O2. The van der Waals surface area contributed by atoms with Gasteiger partial charge >= 0.3 is 0 Å². The van der Waals surface area contributed by atoms with Crippen molar-refractivity contribution >= 4 is 5.91 Å². The Morgan fingerprint density at radius 2 is 2.15 bits per heavy atom. The maximum atomic E-state index is 12.3. The van der Waals surface area contributed by atoms with Gasteiger partial charge in [-0.25, -0.2) is 0 Å². The molecule has 1 aliphatic rings. The van der Waals surface area contributed by atoms with E-state index in [1.165, 1.54) is 0 Å². The van der Waals surface area contributed by atoms with Crippen molar-refractivity contribution in [2.75, 3.05) is 13.7 Å². The molecule has 1 aliphatic heterocycles. The Morgan fingerprint density at radius 1 is 1.45 bits per heavy atom. The van der Waals surface area contributed by atoms with Crippen molar-refractivity contribution in [2.24, 2.45) is 5.92 Å². The summed E-state index contributed by atoms with van der Waals surface area (Å²) in [6.45, 7) is 5.14. The second kappa shape index (κ2) is 6.75. The molecule has 0 aromatic heterocycles. The molecule has 0 aliphatic carbocycles. The van der Waals surface area contributed by atoms with Crippen LogP contribution in [-0.4, -0.2) is 25.6 Å². The Hall–Kier alpha value is -1.55. The van der Waals surface area contributed by atoms with Gasteiger partial charge in [0.15, 0.2) is 0 Å². The number of amides is 1. The molecule has 4 heteroatoms. The first-order valence-corrected chi connectivity index (χ1v) is 7.33. The van der Waals surface area contributed by atoms with Crippen molar-refractivity contribution in [3.05, 3.63) is 29.8 Å². The standard InChI is InChI=1S/C16H24N2O2/c1-4-14(12-5-7-13(20-3)8-6-12)18-16(19)15-11(2)9-10-17-15/h5-8,11,14-15,17H,4,9-10H2,1-3H3,(H,18,19). The zero-order chi connectivity index (χ0) is 14.5. The summed E-state index contributed by atoms with van der Waals surface area (Å²) < 4.78 is 5.16. The zero-order valence-corrected chi connectivity index (χ0v) is 12.5. The lowest BCUT2D eigenvalue weighted by Crippen LogP contribution is -2.44. The number of rotatable bonds is 5. The molecule has 4 nitrogen and oxygen atoms in total. The number of nitrogens with one attached hydrogen (secondary N) is 2. The fourth-order valence-corrected chi connectivity index (χ4v) is 2.70. The fourth-order valence-electron chi connectivity index (χ4n) is 2.70. The lowest BCUT2D eigenvalue weighted by molar-refractivity contribution is -0.124. The first-order valence-electron chi connectivity index (χ1n) is 7.33. The third-order valence-electron chi connectivity index (χ3n) is 4.06. The van der Waals surface area contributed by atoms with E-state index < -0.39 is 0 Å². The van der Waals surface area contributed by atoms with Gasteiger partial charge in [-0.2, -0.15) is 0 Å². The number of benzene rings is 1. The Bertz CT molecular complexity index is 444. The van der Waals surface area contributed by atoms with Gasteiger partial charge in [0.1, 0.15) is 5.75 Å². The molecule has 0 spiro atoms. The molecule has 2 N–H and O–H groups in total. The van der Waals surface area contributed by atoms with Gasteiger partial charge in [0.2, 0.25) is 5.91 Å². The molecule has 1 heterocycles. The van der Waals surface area contributed by atoms with E-state index in [0.717, 1.165) is 30.7 Å². The number of hydrogen-bond donors (Lipinski definition) is 2. The minimum absolute atomic E-state index is 0.0534. The maximum absolute atomic E-state index is 12.3. The lowest BCUT2D eigenvalue weighted by Gasteiger charge is -2.22. The molecule has 0 radical (unpaired) electrons. The zero-order valence-electron chi connectivity index (χ0n) is 12.5. The van der Waals surface area contributed by atoms with Crippen LogP contribution in [0.2, 0.25) is 0 Å². The van der Waals surface area contributed by atoms with Gasteiger partial charge in [0.05, 0.1) is 19.2 Å². The number of carbonyl (C=O) groups is 1. The molecule has 0 bridgehead atoms. The molecule has 1 aromatic rings. The Kier molecular flexibility index (Phi) is 5.01. The van der Waals surface area contributed by atoms with Crippen molar-refractivity contribution in [3.8, 4) is 5.75 Å². The third kappa shape index (κ3) is 3.31. The lowest BCUT2D eigenvalue weighted by atomic mass is 10.0. The molecule has 0 saturated carbocycles. The van der Waals surface area contributed by atoms with Gasteiger partial charge in [-0.05, 0) is 43.0 Å². The SMILES string of the molecule is CCC(NC(=O)C1NCCC1C)c1ccc(OC)cc1. The van der Waals surface area contributed by atoms with Gasteiger partial charge in [-0.3, -0.25) is 4.79 Å². The molecule has 3 unspecified atom stereocenters. The highest BCUT2D eigenvalue weighted by Gasteiger charge is 2.30. The van der Waals surface area contributed by atoms with Crippen LogP contribution in [0.1, 0.15) is 38.3 Å². The highest BCUT2D eigenvalue weighted by molar-refractivity contribution is 5.82. The van der Waals surface area contributed by atoms with E-state index in [-0.39, 0.29) is 18.0 Å². The molecule has 1 fully saturated rings. The molecule has 1 aromatic carbocycles. The van der Waals surface area contributed by atoms with Gasteiger partial charge in [0.25, 0.3) is 0 Å². The molecule has 20 heavy (non-hydrogen) atoms.